The van der Waals surface area contributed by atoms with Crippen LogP contribution < -0.4 is 0 Å². The third-order valence-corrected chi connectivity index (χ3v) is 4.27. The van der Waals surface area contributed by atoms with Crippen molar-refractivity contribution in [3.8, 4) is 6.07 Å². The summed E-state index contributed by atoms with van der Waals surface area (Å²) >= 11 is 0. The number of benzene rings is 1. The lowest BCUT2D eigenvalue weighted by Gasteiger charge is -2.23. The number of hydrogen-bond acceptors (Lipinski definition) is 5. The molecule has 114 valence electrons. The Morgan fingerprint density at radius 3 is 2.82 bits per heavy atom. The van der Waals surface area contributed by atoms with Crippen LogP contribution in [0.4, 0.5) is 0 Å². The van der Waals surface area contributed by atoms with Crippen LogP contribution in [-0.4, -0.2) is 36.5 Å². The summed E-state index contributed by atoms with van der Waals surface area (Å²) in [4.78, 5) is 26.0. The van der Waals surface area contributed by atoms with E-state index in [9.17, 15) is 14.9 Å². The summed E-state index contributed by atoms with van der Waals surface area (Å²) in [5, 5.41) is 9.20. The van der Waals surface area contributed by atoms with Gasteiger partial charge in [0.2, 0.25) is 5.91 Å². The van der Waals surface area contributed by atoms with Crippen molar-refractivity contribution in [1.29, 1.82) is 5.26 Å². The lowest BCUT2D eigenvalue weighted by Crippen LogP contribution is -2.35. The molecular formula is C16H16N2O4. The number of carbonyl (C=O) groups excluding carboxylic acids is 2. The lowest BCUT2D eigenvalue weighted by molar-refractivity contribution is -0.150. The van der Waals surface area contributed by atoms with Crippen LogP contribution in [0.3, 0.4) is 0 Å². The summed E-state index contributed by atoms with van der Waals surface area (Å²) in [6.45, 7) is 0.418. The van der Waals surface area contributed by atoms with Crippen molar-refractivity contribution in [2.75, 3.05) is 13.7 Å². The van der Waals surface area contributed by atoms with Crippen molar-refractivity contribution in [3.63, 3.8) is 0 Å². The van der Waals surface area contributed by atoms with Gasteiger partial charge < -0.3 is 14.4 Å². The van der Waals surface area contributed by atoms with Crippen LogP contribution in [-0.2, 0) is 19.1 Å². The molecule has 0 saturated carbocycles. The highest BCUT2D eigenvalue weighted by Crippen LogP contribution is 2.41. The van der Waals surface area contributed by atoms with E-state index >= 15 is 0 Å². The van der Waals surface area contributed by atoms with Gasteiger partial charge in [-0.2, -0.15) is 5.26 Å². The maximum atomic E-state index is 12.7. The van der Waals surface area contributed by atoms with Crippen molar-refractivity contribution in [2.24, 2.45) is 11.8 Å². The molecule has 0 spiro atoms. The van der Waals surface area contributed by atoms with E-state index in [2.05, 4.69) is 4.74 Å². The monoisotopic (exact) mass is 300 g/mol. The van der Waals surface area contributed by atoms with Gasteiger partial charge in [-0.3, -0.25) is 9.59 Å². The molecule has 1 aromatic rings. The molecule has 2 aliphatic heterocycles. The minimum absolute atomic E-state index is 0.0942. The summed E-state index contributed by atoms with van der Waals surface area (Å²) in [6.07, 6.45) is -0.00383. The number of nitrogens with zero attached hydrogens (tertiary/aromatic N) is 2. The maximum Gasteiger partial charge on any atom is 0.323 e. The predicted octanol–water partition coefficient (Wildman–Crippen LogP) is 1.25. The standard InChI is InChI=1S/C16H16N2O4/c1-21-16(20)13(8-17)12-7-11-9-22-15(18(11)14(12)19)10-5-3-2-4-6-10/h2-6,11-13,15H,7,9H2,1H3/t11-,12-,13?,15+/m0/s1. The highest BCUT2D eigenvalue weighted by molar-refractivity contribution is 5.89. The SMILES string of the molecule is COC(=O)C(C#N)[C@@H]1C[C@H]2CO[C@H](c3ccccc3)N2C1=O. The second-order valence-electron chi connectivity index (χ2n) is 5.47. The van der Waals surface area contributed by atoms with Crippen molar-refractivity contribution in [2.45, 2.75) is 18.7 Å². The molecule has 0 aliphatic carbocycles. The topological polar surface area (TPSA) is 79.6 Å². The van der Waals surface area contributed by atoms with E-state index in [1.807, 2.05) is 36.4 Å². The Bertz CT molecular complexity index is 625. The number of nitriles is 1. The van der Waals surface area contributed by atoms with Crippen molar-refractivity contribution >= 4 is 11.9 Å². The van der Waals surface area contributed by atoms with Crippen molar-refractivity contribution < 1.29 is 19.1 Å². The van der Waals surface area contributed by atoms with Gasteiger partial charge in [0.05, 0.1) is 31.7 Å². The molecule has 2 fully saturated rings. The van der Waals surface area contributed by atoms with E-state index in [0.717, 1.165) is 5.56 Å². The summed E-state index contributed by atoms with van der Waals surface area (Å²) in [7, 11) is 1.23. The number of fused-ring (bicyclic) bond motifs is 1. The molecule has 4 atom stereocenters. The summed E-state index contributed by atoms with van der Waals surface area (Å²) in [5.41, 5.74) is 0.894. The highest BCUT2D eigenvalue weighted by atomic mass is 16.5. The molecule has 3 rings (SSSR count). The second kappa shape index (κ2) is 5.78. The Morgan fingerprint density at radius 1 is 1.45 bits per heavy atom. The van der Waals surface area contributed by atoms with Gasteiger partial charge in [-0.05, 0) is 6.42 Å². The van der Waals surface area contributed by atoms with Gasteiger partial charge in [0.1, 0.15) is 0 Å². The first-order valence-corrected chi connectivity index (χ1v) is 7.13. The minimum atomic E-state index is -1.06. The molecule has 0 bridgehead atoms. The van der Waals surface area contributed by atoms with Crippen LogP contribution in [0.15, 0.2) is 30.3 Å². The second-order valence-corrected chi connectivity index (χ2v) is 5.47. The third kappa shape index (κ3) is 2.24. The zero-order chi connectivity index (χ0) is 15.7. The molecule has 2 aliphatic rings. The van der Waals surface area contributed by atoms with Gasteiger partial charge in [0, 0.05) is 5.56 Å². The summed E-state index contributed by atoms with van der Waals surface area (Å²) in [5.74, 6) is -2.58. The molecule has 0 aromatic heterocycles. The number of esters is 1. The highest BCUT2D eigenvalue weighted by Gasteiger charge is 2.52. The van der Waals surface area contributed by atoms with Gasteiger partial charge in [0.25, 0.3) is 0 Å². The fourth-order valence-corrected chi connectivity index (χ4v) is 3.20. The first-order chi connectivity index (χ1) is 10.7. The first-order valence-electron chi connectivity index (χ1n) is 7.13. The van der Waals surface area contributed by atoms with Crippen molar-refractivity contribution in [3.05, 3.63) is 35.9 Å². The molecule has 2 heterocycles. The van der Waals surface area contributed by atoms with Crippen LogP contribution >= 0.6 is 0 Å². The molecule has 6 heteroatoms. The van der Waals surface area contributed by atoms with Gasteiger partial charge in [-0.15, -0.1) is 0 Å². The Hall–Kier alpha value is -2.39. The van der Waals surface area contributed by atoms with E-state index in [4.69, 9.17) is 4.74 Å². The number of amides is 1. The number of hydrogen-bond donors (Lipinski definition) is 0. The fraction of sp³-hybridized carbons (Fsp3) is 0.438. The molecule has 1 aromatic carbocycles. The largest absolute Gasteiger partial charge is 0.468 e. The number of rotatable bonds is 3. The molecule has 22 heavy (non-hydrogen) atoms. The molecule has 1 unspecified atom stereocenters. The van der Waals surface area contributed by atoms with Gasteiger partial charge in [0.15, 0.2) is 12.1 Å². The van der Waals surface area contributed by atoms with Gasteiger partial charge in [-0.25, -0.2) is 0 Å². The van der Waals surface area contributed by atoms with Gasteiger partial charge >= 0.3 is 5.97 Å². The quantitative estimate of drug-likeness (QED) is 0.785. The van der Waals surface area contributed by atoms with Crippen LogP contribution in [0.25, 0.3) is 0 Å². The number of ether oxygens (including phenoxy) is 2. The fourth-order valence-electron chi connectivity index (χ4n) is 3.20. The number of methoxy groups -OCH3 is 1. The first kappa shape index (κ1) is 14.5. The predicted molar refractivity (Wildman–Crippen MR) is 75.0 cm³/mol. The molecule has 6 nitrogen and oxygen atoms in total. The Labute approximate surface area is 128 Å². The minimum Gasteiger partial charge on any atom is -0.468 e. The third-order valence-electron chi connectivity index (χ3n) is 4.27. The van der Waals surface area contributed by atoms with E-state index < -0.39 is 24.0 Å². The van der Waals surface area contributed by atoms with Crippen LogP contribution in [0.2, 0.25) is 0 Å². The van der Waals surface area contributed by atoms with E-state index in [1.165, 1.54) is 7.11 Å². The lowest BCUT2D eigenvalue weighted by atomic mass is 9.90. The van der Waals surface area contributed by atoms with Crippen molar-refractivity contribution in [1.82, 2.24) is 4.90 Å². The Balaban J connectivity index is 1.84. The van der Waals surface area contributed by atoms with Gasteiger partial charge in [-0.1, -0.05) is 30.3 Å². The molecule has 1 amide bonds. The average molecular weight is 300 g/mol. The average Bonchev–Trinajstić information content (AvgIpc) is 3.10. The normalized spacial score (nSPS) is 28.1. The molecule has 0 N–H and O–H groups in total. The Kier molecular flexibility index (Phi) is 3.82. The van der Waals surface area contributed by atoms with E-state index in [-0.39, 0.29) is 11.9 Å². The number of carbonyl (C=O) groups is 2. The summed E-state index contributed by atoms with van der Waals surface area (Å²) < 4.78 is 10.4. The maximum absolute atomic E-state index is 12.7. The van der Waals surface area contributed by atoms with Crippen LogP contribution in [0.5, 0.6) is 0 Å². The summed E-state index contributed by atoms with van der Waals surface area (Å²) in [6, 6.07) is 11.3. The van der Waals surface area contributed by atoms with Crippen LogP contribution in [0, 0.1) is 23.2 Å². The van der Waals surface area contributed by atoms with E-state index in [1.54, 1.807) is 4.90 Å². The zero-order valence-electron chi connectivity index (χ0n) is 12.1. The van der Waals surface area contributed by atoms with Crippen LogP contribution in [0.1, 0.15) is 18.2 Å². The smallest absolute Gasteiger partial charge is 0.323 e. The molecule has 0 radical (unpaired) electrons. The van der Waals surface area contributed by atoms with E-state index in [0.29, 0.717) is 13.0 Å². The Morgan fingerprint density at radius 2 is 2.18 bits per heavy atom. The zero-order valence-corrected chi connectivity index (χ0v) is 12.1. The molecule has 2 saturated heterocycles. The molecular weight excluding hydrogens is 284 g/mol.